The summed E-state index contributed by atoms with van der Waals surface area (Å²) in [4.78, 5) is 32.1. The van der Waals surface area contributed by atoms with Crippen molar-refractivity contribution in [3.05, 3.63) is 41.3 Å². The first-order valence-electron chi connectivity index (χ1n) is 8.16. The summed E-state index contributed by atoms with van der Waals surface area (Å²) in [5, 5.41) is 0.942. The lowest BCUT2D eigenvalue weighted by atomic mass is 9.96. The van der Waals surface area contributed by atoms with E-state index in [2.05, 4.69) is 11.1 Å². The molecule has 0 spiro atoms. The van der Waals surface area contributed by atoms with Crippen LogP contribution in [0.5, 0.6) is 0 Å². The second kappa shape index (κ2) is 6.57. The van der Waals surface area contributed by atoms with E-state index >= 15 is 0 Å². The Labute approximate surface area is 153 Å². The lowest BCUT2D eigenvalue weighted by Crippen LogP contribution is -2.41. The topological polar surface area (TPSA) is 76.3 Å². The summed E-state index contributed by atoms with van der Waals surface area (Å²) < 4.78 is 1.15. The van der Waals surface area contributed by atoms with Gasteiger partial charge in [-0.05, 0) is 37.1 Å². The molecule has 2 amide bonds. The van der Waals surface area contributed by atoms with Crippen LogP contribution >= 0.6 is 22.7 Å². The van der Waals surface area contributed by atoms with Gasteiger partial charge in [-0.15, -0.1) is 22.7 Å². The van der Waals surface area contributed by atoms with Crippen molar-refractivity contribution in [1.82, 2.24) is 9.88 Å². The summed E-state index contributed by atoms with van der Waals surface area (Å²) >= 11 is 3.11. The molecule has 0 aliphatic carbocycles. The Bertz CT molecular complexity index is 906. The fourth-order valence-electron chi connectivity index (χ4n) is 3.07. The number of amides is 2. The van der Waals surface area contributed by atoms with Crippen molar-refractivity contribution in [2.45, 2.75) is 12.8 Å². The highest BCUT2D eigenvalue weighted by atomic mass is 32.1. The summed E-state index contributed by atoms with van der Waals surface area (Å²) in [6, 6.07) is 11.9. The van der Waals surface area contributed by atoms with Crippen molar-refractivity contribution in [2.24, 2.45) is 11.7 Å². The van der Waals surface area contributed by atoms with Crippen LogP contribution in [0, 0.1) is 5.92 Å². The predicted octanol–water partition coefficient (Wildman–Crippen LogP) is 3.36. The van der Waals surface area contributed by atoms with Gasteiger partial charge in [-0.3, -0.25) is 9.59 Å². The van der Waals surface area contributed by atoms with Gasteiger partial charge < -0.3 is 10.6 Å². The van der Waals surface area contributed by atoms with Crippen LogP contribution in [-0.2, 0) is 4.79 Å². The molecule has 0 radical (unpaired) electrons. The second-order valence-corrected chi connectivity index (χ2v) is 8.23. The van der Waals surface area contributed by atoms with E-state index in [1.165, 1.54) is 11.3 Å². The second-order valence-electron chi connectivity index (χ2n) is 6.12. The third-order valence-corrected chi connectivity index (χ3v) is 6.78. The van der Waals surface area contributed by atoms with Crippen molar-refractivity contribution in [2.75, 3.05) is 13.1 Å². The molecule has 7 heteroatoms. The molecule has 3 aromatic rings. The molecular formula is C18H17N3O2S2. The van der Waals surface area contributed by atoms with E-state index in [1.807, 2.05) is 35.2 Å². The van der Waals surface area contributed by atoms with Crippen LogP contribution in [0.1, 0.15) is 22.5 Å². The number of likely N-dealkylation sites (tertiary alicyclic amines) is 1. The van der Waals surface area contributed by atoms with E-state index < -0.39 is 0 Å². The number of hydrogen-bond donors (Lipinski definition) is 1. The standard InChI is InChI=1S/C18H17N3O2S2/c19-16(22)11-7-9-21(10-8-11)18(23)15-6-5-14(24-15)17-20-12-3-1-2-4-13(12)25-17/h1-6,11H,7-10H2,(H2,19,22). The quantitative estimate of drug-likeness (QED) is 0.767. The van der Waals surface area contributed by atoms with Crippen LogP contribution in [0.25, 0.3) is 20.1 Å². The van der Waals surface area contributed by atoms with Gasteiger partial charge >= 0.3 is 0 Å². The Morgan fingerprint density at radius 3 is 2.56 bits per heavy atom. The Balaban J connectivity index is 1.51. The fourth-order valence-corrected chi connectivity index (χ4v) is 5.06. The monoisotopic (exact) mass is 371 g/mol. The Morgan fingerprint density at radius 1 is 1.08 bits per heavy atom. The summed E-state index contributed by atoms with van der Waals surface area (Å²) in [5.74, 6) is -0.340. The molecule has 3 heterocycles. The number of piperidine rings is 1. The van der Waals surface area contributed by atoms with Crippen molar-refractivity contribution >= 4 is 44.7 Å². The molecule has 1 aliphatic rings. The number of carbonyl (C=O) groups excluding carboxylic acids is 2. The zero-order chi connectivity index (χ0) is 17.4. The number of nitrogens with two attached hydrogens (primary N) is 1. The minimum absolute atomic E-state index is 0.0280. The van der Waals surface area contributed by atoms with Crippen molar-refractivity contribution in [3.8, 4) is 9.88 Å². The number of thiazole rings is 1. The average molecular weight is 371 g/mol. The molecule has 25 heavy (non-hydrogen) atoms. The van der Waals surface area contributed by atoms with Gasteiger partial charge in [0.25, 0.3) is 5.91 Å². The Kier molecular flexibility index (Phi) is 4.27. The van der Waals surface area contributed by atoms with Crippen LogP contribution in [-0.4, -0.2) is 34.8 Å². The molecule has 2 N–H and O–H groups in total. The molecule has 1 aromatic carbocycles. The number of primary amides is 1. The van der Waals surface area contributed by atoms with Gasteiger partial charge in [0.1, 0.15) is 5.01 Å². The zero-order valence-corrected chi connectivity index (χ0v) is 15.1. The van der Waals surface area contributed by atoms with E-state index in [9.17, 15) is 9.59 Å². The van der Waals surface area contributed by atoms with E-state index in [0.29, 0.717) is 30.8 Å². The average Bonchev–Trinajstić information content (AvgIpc) is 3.27. The number of thiophene rings is 1. The molecule has 1 fully saturated rings. The van der Waals surface area contributed by atoms with Gasteiger partial charge in [0.2, 0.25) is 5.91 Å². The minimum atomic E-state index is -0.263. The maximum absolute atomic E-state index is 12.7. The third-order valence-electron chi connectivity index (χ3n) is 4.51. The highest BCUT2D eigenvalue weighted by molar-refractivity contribution is 7.26. The number of carbonyl (C=O) groups is 2. The number of hydrogen-bond acceptors (Lipinski definition) is 5. The molecule has 5 nitrogen and oxygen atoms in total. The molecule has 1 saturated heterocycles. The molecule has 0 atom stereocenters. The first-order valence-corrected chi connectivity index (χ1v) is 9.79. The van der Waals surface area contributed by atoms with E-state index in [4.69, 9.17) is 5.73 Å². The first-order chi connectivity index (χ1) is 12.1. The van der Waals surface area contributed by atoms with Gasteiger partial charge in [0.05, 0.1) is 20.0 Å². The van der Waals surface area contributed by atoms with Gasteiger partial charge in [0, 0.05) is 19.0 Å². The lowest BCUT2D eigenvalue weighted by Gasteiger charge is -2.30. The normalized spacial score (nSPS) is 15.6. The highest BCUT2D eigenvalue weighted by Crippen LogP contribution is 2.35. The zero-order valence-electron chi connectivity index (χ0n) is 13.5. The molecule has 1 aliphatic heterocycles. The minimum Gasteiger partial charge on any atom is -0.369 e. The molecule has 0 unspecified atom stereocenters. The molecule has 4 rings (SSSR count). The van der Waals surface area contributed by atoms with Crippen molar-refractivity contribution in [1.29, 1.82) is 0 Å². The summed E-state index contributed by atoms with van der Waals surface area (Å²) in [5.41, 5.74) is 6.34. The smallest absolute Gasteiger partial charge is 0.263 e. The molecule has 0 bridgehead atoms. The highest BCUT2D eigenvalue weighted by Gasteiger charge is 2.27. The van der Waals surface area contributed by atoms with Gasteiger partial charge in [-0.25, -0.2) is 4.98 Å². The first kappa shape index (κ1) is 16.2. The number of para-hydroxylation sites is 1. The van der Waals surface area contributed by atoms with Crippen molar-refractivity contribution < 1.29 is 9.59 Å². The van der Waals surface area contributed by atoms with Gasteiger partial charge in [-0.1, -0.05) is 12.1 Å². The molecule has 128 valence electrons. The summed E-state index contributed by atoms with van der Waals surface area (Å²) in [7, 11) is 0. The maximum atomic E-state index is 12.7. The Morgan fingerprint density at radius 2 is 1.84 bits per heavy atom. The third kappa shape index (κ3) is 3.17. The number of aromatic nitrogens is 1. The molecule has 2 aromatic heterocycles. The van der Waals surface area contributed by atoms with Gasteiger partial charge in [0.15, 0.2) is 0 Å². The summed E-state index contributed by atoms with van der Waals surface area (Å²) in [6.07, 6.45) is 1.30. The van der Waals surface area contributed by atoms with Crippen LogP contribution < -0.4 is 5.73 Å². The number of fused-ring (bicyclic) bond motifs is 1. The molecular weight excluding hydrogens is 354 g/mol. The van der Waals surface area contributed by atoms with Crippen LogP contribution in [0.15, 0.2) is 36.4 Å². The van der Waals surface area contributed by atoms with Crippen molar-refractivity contribution in [3.63, 3.8) is 0 Å². The molecule has 0 saturated carbocycles. The van der Waals surface area contributed by atoms with E-state index in [1.54, 1.807) is 11.3 Å². The van der Waals surface area contributed by atoms with Crippen LogP contribution in [0.4, 0.5) is 0 Å². The van der Waals surface area contributed by atoms with E-state index in [0.717, 1.165) is 20.1 Å². The number of nitrogens with zero attached hydrogens (tertiary/aromatic N) is 2. The van der Waals surface area contributed by atoms with Crippen LogP contribution in [0.3, 0.4) is 0 Å². The number of rotatable bonds is 3. The SMILES string of the molecule is NC(=O)C1CCN(C(=O)c2ccc(-c3nc4ccccc4s3)s2)CC1. The number of benzene rings is 1. The Hall–Kier alpha value is -2.25. The largest absolute Gasteiger partial charge is 0.369 e. The summed E-state index contributed by atoms with van der Waals surface area (Å²) in [6.45, 7) is 1.17. The maximum Gasteiger partial charge on any atom is 0.263 e. The fraction of sp³-hybridized carbons (Fsp3) is 0.278. The predicted molar refractivity (Wildman–Crippen MR) is 101 cm³/mol. The lowest BCUT2D eigenvalue weighted by molar-refractivity contribution is -0.123. The van der Waals surface area contributed by atoms with Gasteiger partial charge in [-0.2, -0.15) is 0 Å². The van der Waals surface area contributed by atoms with Crippen LogP contribution in [0.2, 0.25) is 0 Å². The van der Waals surface area contributed by atoms with E-state index in [-0.39, 0.29) is 17.7 Å².